The summed E-state index contributed by atoms with van der Waals surface area (Å²) >= 11 is 0. The van der Waals surface area contributed by atoms with Gasteiger partial charge in [0.05, 0.1) is 17.5 Å². The molecular formula is C19H23N3O5. The molecule has 0 radical (unpaired) electrons. The number of aryl methyl sites for hydroxylation is 1. The number of hydrogen-bond acceptors (Lipinski definition) is 5. The molecule has 0 aliphatic carbocycles. The summed E-state index contributed by atoms with van der Waals surface area (Å²) in [6, 6.07) is 4.73. The quantitative estimate of drug-likeness (QED) is 0.819. The highest BCUT2D eigenvalue weighted by atomic mass is 16.5. The molecule has 1 aromatic heterocycles. The lowest BCUT2D eigenvalue weighted by Crippen LogP contribution is -2.38. The first-order valence-corrected chi connectivity index (χ1v) is 9.04. The summed E-state index contributed by atoms with van der Waals surface area (Å²) in [7, 11) is 1.49. The summed E-state index contributed by atoms with van der Waals surface area (Å²) in [5, 5.41) is 9.53. The van der Waals surface area contributed by atoms with Gasteiger partial charge in [0, 0.05) is 32.2 Å². The zero-order valence-corrected chi connectivity index (χ0v) is 15.3. The van der Waals surface area contributed by atoms with Crippen LogP contribution in [-0.2, 0) is 22.5 Å². The summed E-state index contributed by atoms with van der Waals surface area (Å²) in [4.78, 5) is 42.4. The van der Waals surface area contributed by atoms with Crippen molar-refractivity contribution in [1.29, 1.82) is 0 Å². The fraction of sp³-hybridized carbons (Fsp3) is 0.474. The maximum atomic E-state index is 12.8. The Morgan fingerprint density at radius 3 is 2.85 bits per heavy atom. The van der Waals surface area contributed by atoms with Gasteiger partial charge >= 0.3 is 5.97 Å². The smallest absolute Gasteiger partial charge is 0.323 e. The third kappa shape index (κ3) is 4.16. The summed E-state index contributed by atoms with van der Waals surface area (Å²) in [6.07, 6.45) is 3.75. The number of hydrogen-bond donors (Lipinski definition) is 1. The van der Waals surface area contributed by atoms with Crippen molar-refractivity contribution in [2.24, 2.45) is 0 Å². The second kappa shape index (κ2) is 8.30. The van der Waals surface area contributed by atoms with E-state index >= 15 is 0 Å². The monoisotopic (exact) mass is 373 g/mol. The highest BCUT2D eigenvalue weighted by Crippen LogP contribution is 2.17. The summed E-state index contributed by atoms with van der Waals surface area (Å²) in [6.45, 7) is 0.654. The molecule has 1 amide bonds. The molecule has 8 nitrogen and oxygen atoms in total. The van der Waals surface area contributed by atoms with E-state index in [4.69, 9.17) is 9.84 Å². The lowest BCUT2D eigenvalue weighted by Gasteiger charge is -2.20. The first-order valence-electron chi connectivity index (χ1n) is 9.04. The van der Waals surface area contributed by atoms with Gasteiger partial charge in [0.25, 0.3) is 11.5 Å². The molecule has 0 atom stereocenters. The van der Waals surface area contributed by atoms with E-state index in [2.05, 4.69) is 4.98 Å². The molecule has 0 bridgehead atoms. The third-order valence-electron chi connectivity index (χ3n) is 4.74. The molecule has 2 heterocycles. The Labute approximate surface area is 156 Å². The van der Waals surface area contributed by atoms with Crippen LogP contribution < -0.4 is 5.56 Å². The number of aromatic nitrogens is 2. The maximum absolute atomic E-state index is 12.8. The maximum Gasteiger partial charge on any atom is 0.323 e. The second-order valence-corrected chi connectivity index (χ2v) is 6.64. The van der Waals surface area contributed by atoms with Gasteiger partial charge in [-0.25, -0.2) is 4.98 Å². The van der Waals surface area contributed by atoms with Gasteiger partial charge in [-0.05, 0) is 31.0 Å². The van der Waals surface area contributed by atoms with Gasteiger partial charge in [0.1, 0.15) is 12.4 Å². The fourth-order valence-electron chi connectivity index (χ4n) is 3.35. The number of rotatable bonds is 6. The SMILES string of the molecule is COCCN(CC(=O)O)C(=O)c1ccc2c(=O)n3c(nc2c1)CCCCC3. The number of carbonyl (C=O) groups excluding carboxylic acids is 1. The Balaban J connectivity index is 1.98. The highest BCUT2D eigenvalue weighted by molar-refractivity contribution is 5.98. The normalized spacial score (nSPS) is 13.8. The summed E-state index contributed by atoms with van der Waals surface area (Å²) in [5.74, 6) is -0.772. The standard InChI is InChI=1S/C19H23N3O5/c1-27-10-9-21(12-17(23)24)18(25)13-6-7-14-15(11-13)20-16-5-3-2-4-8-22(16)19(14)26/h6-7,11H,2-5,8-10,12H2,1H3,(H,23,24). The van der Waals surface area contributed by atoms with E-state index in [-0.39, 0.29) is 18.7 Å². The average molecular weight is 373 g/mol. The number of benzene rings is 1. The van der Waals surface area contributed by atoms with Crippen LogP contribution in [0.15, 0.2) is 23.0 Å². The summed E-state index contributed by atoms with van der Waals surface area (Å²) in [5.41, 5.74) is 0.698. The van der Waals surface area contributed by atoms with Gasteiger partial charge in [-0.2, -0.15) is 0 Å². The van der Waals surface area contributed by atoms with E-state index in [0.717, 1.165) is 31.5 Å². The van der Waals surface area contributed by atoms with Gasteiger partial charge in [0.2, 0.25) is 0 Å². The van der Waals surface area contributed by atoms with Gasteiger partial charge in [0.15, 0.2) is 0 Å². The molecular weight excluding hydrogens is 350 g/mol. The van der Waals surface area contributed by atoms with E-state index < -0.39 is 18.4 Å². The first-order chi connectivity index (χ1) is 13.0. The molecule has 0 saturated carbocycles. The predicted molar refractivity (Wildman–Crippen MR) is 99.0 cm³/mol. The number of ether oxygens (including phenoxy) is 1. The number of amides is 1. The molecule has 2 aromatic rings. The van der Waals surface area contributed by atoms with Crippen molar-refractivity contribution in [3.8, 4) is 0 Å². The Hall–Kier alpha value is -2.74. The number of carboxylic acid groups (broad SMARTS) is 1. The van der Waals surface area contributed by atoms with Crippen LogP contribution in [0.1, 0.15) is 35.4 Å². The predicted octanol–water partition coefficient (Wildman–Crippen LogP) is 1.30. The molecule has 1 aromatic carbocycles. The number of fused-ring (bicyclic) bond motifs is 2. The second-order valence-electron chi connectivity index (χ2n) is 6.64. The Morgan fingerprint density at radius 1 is 1.30 bits per heavy atom. The van der Waals surface area contributed by atoms with Crippen molar-refractivity contribution in [3.05, 3.63) is 39.9 Å². The van der Waals surface area contributed by atoms with Crippen molar-refractivity contribution in [1.82, 2.24) is 14.5 Å². The minimum absolute atomic E-state index is 0.0855. The van der Waals surface area contributed by atoms with Crippen molar-refractivity contribution in [2.75, 3.05) is 26.8 Å². The molecule has 3 rings (SSSR count). The summed E-state index contributed by atoms with van der Waals surface area (Å²) < 4.78 is 6.69. The van der Waals surface area contributed by atoms with Crippen molar-refractivity contribution in [2.45, 2.75) is 32.2 Å². The van der Waals surface area contributed by atoms with E-state index in [9.17, 15) is 14.4 Å². The van der Waals surface area contributed by atoms with Crippen LogP contribution >= 0.6 is 0 Å². The Morgan fingerprint density at radius 2 is 2.11 bits per heavy atom. The third-order valence-corrected chi connectivity index (χ3v) is 4.74. The number of aliphatic carboxylic acids is 1. The Bertz CT molecular complexity index is 921. The van der Waals surface area contributed by atoms with Crippen LogP contribution in [0.25, 0.3) is 10.9 Å². The van der Waals surface area contributed by atoms with Crippen LogP contribution in [0.5, 0.6) is 0 Å². The van der Waals surface area contributed by atoms with Gasteiger partial charge in [-0.15, -0.1) is 0 Å². The van der Waals surface area contributed by atoms with Crippen LogP contribution in [-0.4, -0.2) is 58.2 Å². The average Bonchev–Trinajstić information content (AvgIpc) is 2.89. The first kappa shape index (κ1) is 19.0. The van der Waals surface area contributed by atoms with Gasteiger partial charge in [-0.1, -0.05) is 6.42 Å². The molecule has 0 spiro atoms. The minimum atomic E-state index is -1.10. The molecule has 0 saturated heterocycles. The zero-order valence-electron chi connectivity index (χ0n) is 15.3. The van der Waals surface area contributed by atoms with Crippen molar-refractivity contribution in [3.63, 3.8) is 0 Å². The molecule has 8 heteroatoms. The lowest BCUT2D eigenvalue weighted by atomic mass is 10.1. The Kier molecular flexibility index (Phi) is 5.85. The molecule has 1 N–H and O–H groups in total. The van der Waals surface area contributed by atoms with Crippen LogP contribution in [0.2, 0.25) is 0 Å². The van der Waals surface area contributed by atoms with Crippen molar-refractivity contribution >= 4 is 22.8 Å². The van der Waals surface area contributed by atoms with E-state index in [1.807, 2.05) is 0 Å². The largest absolute Gasteiger partial charge is 0.480 e. The molecule has 0 fully saturated rings. The topological polar surface area (TPSA) is 102 Å². The number of methoxy groups -OCH3 is 1. The fourth-order valence-corrected chi connectivity index (χ4v) is 3.35. The van der Waals surface area contributed by atoms with E-state index in [1.54, 1.807) is 22.8 Å². The van der Waals surface area contributed by atoms with Crippen LogP contribution in [0.4, 0.5) is 0 Å². The number of carbonyl (C=O) groups is 2. The van der Waals surface area contributed by atoms with Crippen LogP contribution in [0.3, 0.4) is 0 Å². The van der Waals surface area contributed by atoms with E-state index in [0.29, 0.717) is 23.0 Å². The highest BCUT2D eigenvalue weighted by Gasteiger charge is 2.20. The lowest BCUT2D eigenvalue weighted by molar-refractivity contribution is -0.137. The van der Waals surface area contributed by atoms with Gasteiger partial charge < -0.3 is 14.7 Å². The molecule has 1 aliphatic heterocycles. The molecule has 0 unspecified atom stereocenters. The molecule has 1 aliphatic rings. The molecule has 27 heavy (non-hydrogen) atoms. The van der Waals surface area contributed by atoms with Crippen LogP contribution in [0, 0.1) is 0 Å². The van der Waals surface area contributed by atoms with Crippen molar-refractivity contribution < 1.29 is 19.4 Å². The number of nitrogens with zero attached hydrogens (tertiary/aromatic N) is 3. The number of carboxylic acids is 1. The zero-order chi connectivity index (χ0) is 19.4. The van der Waals surface area contributed by atoms with E-state index in [1.165, 1.54) is 12.0 Å². The minimum Gasteiger partial charge on any atom is -0.480 e. The van der Waals surface area contributed by atoms with Gasteiger partial charge in [-0.3, -0.25) is 19.0 Å². The molecule has 144 valence electrons.